The average Bonchev–Trinajstić information content (AvgIpc) is 2.43. The van der Waals surface area contributed by atoms with Gasteiger partial charge in [0, 0.05) is 17.2 Å². The summed E-state index contributed by atoms with van der Waals surface area (Å²) in [6, 6.07) is 7.66. The number of nitrogens with zero attached hydrogens (tertiary/aromatic N) is 1. The van der Waals surface area contributed by atoms with Crippen LogP contribution in [0.25, 0.3) is 0 Å². The third kappa shape index (κ3) is 3.02. The van der Waals surface area contributed by atoms with Gasteiger partial charge in [0.25, 0.3) is 0 Å². The number of rotatable bonds is 4. The van der Waals surface area contributed by atoms with Crippen molar-refractivity contribution in [2.75, 3.05) is 29.2 Å². The highest BCUT2D eigenvalue weighted by molar-refractivity contribution is 7.99. The van der Waals surface area contributed by atoms with Crippen LogP contribution in [0.15, 0.2) is 29.2 Å². The summed E-state index contributed by atoms with van der Waals surface area (Å²) in [5.74, 6) is 1.92. The van der Waals surface area contributed by atoms with E-state index < -0.39 is 0 Å². The lowest BCUT2D eigenvalue weighted by atomic mass is 10.2. The van der Waals surface area contributed by atoms with Crippen molar-refractivity contribution in [3.63, 3.8) is 0 Å². The third-order valence-electron chi connectivity index (χ3n) is 2.94. The van der Waals surface area contributed by atoms with Crippen molar-refractivity contribution in [1.82, 2.24) is 0 Å². The van der Waals surface area contributed by atoms with Crippen LogP contribution in [-0.4, -0.2) is 36.3 Å². The van der Waals surface area contributed by atoms with E-state index in [1.54, 1.807) is 23.5 Å². The van der Waals surface area contributed by atoms with Crippen LogP contribution in [-0.2, 0) is 4.79 Å². The van der Waals surface area contributed by atoms with E-state index >= 15 is 0 Å². The Kier molecular flexibility index (Phi) is 4.97. The maximum absolute atomic E-state index is 12.3. The topological polar surface area (TPSA) is 46.3 Å². The number of thioether (sulfide) groups is 2. The first-order chi connectivity index (χ1) is 8.74. The quantitative estimate of drug-likeness (QED) is 0.919. The summed E-state index contributed by atoms with van der Waals surface area (Å²) in [6.45, 7) is 0.757. The summed E-state index contributed by atoms with van der Waals surface area (Å²) in [7, 11) is 0. The molecule has 1 heterocycles. The molecular weight excluding hydrogens is 264 g/mol. The number of nitrogens with two attached hydrogens (primary N) is 1. The van der Waals surface area contributed by atoms with Gasteiger partial charge in [0.1, 0.15) is 0 Å². The lowest BCUT2D eigenvalue weighted by molar-refractivity contribution is -0.119. The molecule has 5 heteroatoms. The molecule has 0 unspecified atom stereocenters. The monoisotopic (exact) mass is 282 g/mol. The fraction of sp³-hybridized carbons (Fsp3) is 0.462. The molecule has 0 radical (unpaired) electrons. The largest absolute Gasteiger partial charge is 0.320 e. The van der Waals surface area contributed by atoms with Crippen LogP contribution in [0.4, 0.5) is 5.69 Å². The van der Waals surface area contributed by atoms with Crippen molar-refractivity contribution in [3.05, 3.63) is 24.3 Å². The standard InChI is InChI=1S/C13H18N2OS2/c1-17-8-6-10(14)13(16)15-7-9-18-12-5-3-2-4-11(12)15/h2-5,10H,6-9,14H2,1H3/t10-/m1/s1. The van der Waals surface area contributed by atoms with Crippen molar-refractivity contribution in [2.45, 2.75) is 17.4 Å². The SMILES string of the molecule is CSCC[C@@H](N)C(=O)N1CCSc2ccccc21. The molecule has 1 aromatic rings. The number of para-hydroxylation sites is 1. The van der Waals surface area contributed by atoms with E-state index in [0.717, 1.165) is 30.2 Å². The summed E-state index contributed by atoms with van der Waals surface area (Å²) in [5.41, 5.74) is 6.99. The van der Waals surface area contributed by atoms with Gasteiger partial charge in [0.05, 0.1) is 11.7 Å². The van der Waals surface area contributed by atoms with E-state index in [1.165, 1.54) is 4.90 Å². The highest BCUT2D eigenvalue weighted by Crippen LogP contribution is 2.34. The predicted molar refractivity (Wildman–Crippen MR) is 80.5 cm³/mol. The molecule has 1 aliphatic heterocycles. The van der Waals surface area contributed by atoms with Gasteiger partial charge in [-0.15, -0.1) is 11.8 Å². The Bertz CT molecular complexity index is 425. The van der Waals surface area contributed by atoms with Crippen LogP contribution in [0.2, 0.25) is 0 Å². The Morgan fingerprint density at radius 3 is 3.11 bits per heavy atom. The first-order valence-corrected chi connectivity index (χ1v) is 8.39. The lowest BCUT2D eigenvalue weighted by Gasteiger charge is -2.30. The number of carbonyl (C=O) groups is 1. The van der Waals surface area contributed by atoms with Gasteiger partial charge in [0.2, 0.25) is 5.91 Å². The van der Waals surface area contributed by atoms with Crippen LogP contribution < -0.4 is 10.6 Å². The molecule has 0 spiro atoms. The minimum Gasteiger partial charge on any atom is -0.320 e. The van der Waals surface area contributed by atoms with E-state index in [9.17, 15) is 4.79 Å². The molecule has 18 heavy (non-hydrogen) atoms. The summed E-state index contributed by atoms with van der Waals surface area (Å²) in [5, 5.41) is 0. The number of anilines is 1. The van der Waals surface area contributed by atoms with Crippen molar-refractivity contribution in [3.8, 4) is 0 Å². The Hall–Kier alpha value is -0.650. The van der Waals surface area contributed by atoms with Gasteiger partial charge in [-0.05, 0) is 30.6 Å². The predicted octanol–water partition coefficient (Wildman–Crippen LogP) is 2.21. The first-order valence-electron chi connectivity index (χ1n) is 6.01. The zero-order chi connectivity index (χ0) is 13.0. The molecule has 0 saturated carbocycles. The van der Waals surface area contributed by atoms with E-state index in [1.807, 2.05) is 29.4 Å². The number of carbonyl (C=O) groups excluding carboxylic acids is 1. The number of benzene rings is 1. The Balaban J connectivity index is 2.12. The van der Waals surface area contributed by atoms with Crippen LogP contribution in [0.1, 0.15) is 6.42 Å². The fourth-order valence-corrected chi connectivity index (χ4v) is 3.45. The van der Waals surface area contributed by atoms with Gasteiger partial charge in [-0.1, -0.05) is 12.1 Å². The van der Waals surface area contributed by atoms with Gasteiger partial charge in [0.15, 0.2) is 0 Å². The number of fused-ring (bicyclic) bond motifs is 1. The Labute approximate surface area is 116 Å². The van der Waals surface area contributed by atoms with Crippen LogP contribution in [0.3, 0.4) is 0 Å². The normalized spacial score (nSPS) is 16.2. The van der Waals surface area contributed by atoms with Gasteiger partial charge in [-0.2, -0.15) is 11.8 Å². The molecule has 0 bridgehead atoms. The molecule has 0 aliphatic carbocycles. The fourth-order valence-electron chi connectivity index (χ4n) is 1.97. The molecule has 2 N–H and O–H groups in total. The number of hydrogen-bond donors (Lipinski definition) is 1. The number of amides is 1. The molecule has 3 nitrogen and oxygen atoms in total. The van der Waals surface area contributed by atoms with Crippen molar-refractivity contribution >= 4 is 35.1 Å². The highest BCUT2D eigenvalue weighted by Gasteiger charge is 2.26. The maximum Gasteiger partial charge on any atom is 0.243 e. The van der Waals surface area contributed by atoms with Crippen LogP contribution in [0, 0.1) is 0 Å². The summed E-state index contributed by atoms with van der Waals surface area (Å²) in [6.07, 6.45) is 2.77. The van der Waals surface area contributed by atoms with Gasteiger partial charge in [-0.25, -0.2) is 0 Å². The van der Waals surface area contributed by atoms with Crippen molar-refractivity contribution in [1.29, 1.82) is 0 Å². The first kappa shape index (κ1) is 13.8. The minimum atomic E-state index is -0.381. The second-order valence-electron chi connectivity index (χ2n) is 4.19. The van der Waals surface area contributed by atoms with Crippen molar-refractivity contribution < 1.29 is 4.79 Å². The van der Waals surface area contributed by atoms with Gasteiger partial charge in [-0.3, -0.25) is 4.79 Å². The maximum atomic E-state index is 12.3. The summed E-state index contributed by atoms with van der Waals surface area (Å²) in [4.78, 5) is 15.4. The van der Waals surface area contributed by atoms with Gasteiger partial charge >= 0.3 is 0 Å². The molecule has 0 fully saturated rings. The minimum absolute atomic E-state index is 0.0526. The van der Waals surface area contributed by atoms with Crippen molar-refractivity contribution in [2.24, 2.45) is 5.73 Å². The molecule has 98 valence electrons. The molecule has 1 aromatic carbocycles. The molecule has 1 amide bonds. The molecule has 0 saturated heterocycles. The second-order valence-corrected chi connectivity index (χ2v) is 6.32. The zero-order valence-electron chi connectivity index (χ0n) is 10.5. The van der Waals surface area contributed by atoms with Crippen LogP contribution in [0.5, 0.6) is 0 Å². The second kappa shape index (κ2) is 6.50. The Morgan fingerprint density at radius 1 is 1.56 bits per heavy atom. The van der Waals surface area contributed by atoms with E-state index in [-0.39, 0.29) is 11.9 Å². The third-order valence-corrected chi connectivity index (χ3v) is 4.63. The molecule has 0 aromatic heterocycles. The zero-order valence-corrected chi connectivity index (χ0v) is 12.1. The average molecular weight is 282 g/mol. The molecular formula is C13H18N2OS2. The summed E-state index contributed by atoms with van der Waals surface area (Å²) < 4.78 is 0. The number of hydrogen-bond acceptors (Lipinski definition) is 4. The molecule has 1 atom stereocenters. The molecule has 2 rings (SSSR count). The molecule has 1 aliphatic rings. The van der Waals surface area contributed by atoms with Crippen LogP contribution >= 0.6 is 23.5 Å². The van der Waals surface area contributed by atoms with E-state index in [2.05, 4.69) is 6.07 Å². The van der Waals surface area contributed by atoms with Gasteiger partial charge < -0.3 is 10.6 Å². The lowest BCUT2D eigenvalue weighted by Crippen LogP contribution is -2.46. The highest BCUT2D eigenvalue weighted by atomic mass is 32.2. The Morgan fingerprint density at radius 2 is 2.33 bits per heavy atom. The van der Waals surface area contributed by atoms with E-state index in [4.69, 9.17) is 5.73 Å². The van der Waals surface area contributed by atoms with E-state index in [0.29, 0.717) is 0 Å². The smallest absolute Gasteiger partial charge is 0.243 e. The summed E-state index contributed by atoms with van der Waals surface area (Å²) >= 11 is 3.53.